The van der Waals surface area contributed by atoms with Crippen LogP contribution in [0.2, 0.25) is 0 Å². The van der Waals surface area contributed by atoms with E-state index in [1.165, 1.54) is 6.33 Å². The number of hydrogen-bond acceptors (Lipinski definition) is 6. The van der Waals surface area contributed by atoms with Crippen LogP contribution in [0.3, 0.4) is 0 Å². The van der Waals surface area contributed by atoms with Crippen LogP contribution >= 0.6 is 12.4 Å². The molecule has 1 aliphatic heterocycles. The molecule has 6 nitrogen and oxygen atoms in total. The number of rotatable bonds is 2. The van der Waals surface area contributed by atoms with Crippen molar-refractivity contribution in [2.45, 2.75) is 18.9 Å². The van der Waals surface area contributed by atoms with Gasteiger partial charge in [-0.25, -0.2) is 24.3 Å². The second-order valence-electron chi connectivity index (χ2n) is 4.16. The van der Waals surface area contributed by atoms with Crippen LogP contribution in [0.15, 0.2) is 37.2 Å². The lowest BCUT2D eigenvalue weighted by molar-refractivity contribution is 0.149. The van der Waals surface area contributed by atoms with Gasteiger partial charge in [0.25, 0.3) is 0 Å². The minimum Gasteiger partial charge on any atom is -0.460 e. The van der Waals surface area contributed by atoms with Crippen LogP contribution in [-0.2, 0) is 0 Å². The second-order valence-corrected chi connectivity index (χ2v) is 4.16. The topological polar surface area (TPSA) is 72.8 Å². The molecule has 3 rings (SSSR count). The zero-order chi connectivity index (χ0) is 14.0. The highest BCUT2D eigenvalue weighted by molar-refractivity contribution is 5.85. The van der Waals surface area contributed by atoms with Gasteiger partial charge in [-0.2, -0.15) is 0 Å². The van der Waals surface area contributed by atoms with Gasteiger partial charge in [-0.3, -0.25) is 0 Å². The van der Waals surface area contributed by atoms with Gasteiger partial charge in [0.05, 0.1) is 12.4 Å². The molecular weight excluding hydrogens is 297 g/mol. The predicted molar refractivity (Wildman–Crippen MR) is 77.8 cm³/mol. The number of piperidine rings is 1. The van der Waals surface area contributed by atoms with Gasteiger partial charge in [0.15, 0.2) is 5.82 Å². The monoisotopic (exact) mass is 313 g/mol. The van der Waals surface area contributed by atoms with E-state index in [4.69, 9.17) is 4.74 Å². The summed E-state index contributed by atoms with van der Waals surface area (Å²) in [4.78, 5) is 14.8. The summed E-state index contributed by atoms with van der Waals surface area (Å²) in [5.74, 6) is -0.400. The third-order valence-electron chi connectivity index (χ3n) is 2.63. The molecule has 8 heteroatoms. The first-order chi connectivity index (χ1) is 9.84. The van der Waals surface area contributed by atoms with Crippen molar-refractivity contribution >= 4 is 12.4 Å². The fourth-order valence-corrected chi connectivity index (χ4v) is 1.69. The molecule has 21 heavy (non-hydrogen) atoms. The molecule has 0 aliphatic carbocycles. The lowest BCUT2D eigenvalue weighted by Crippen LogP contribution is -2.34. The average Bonchev–Trinajstić information content (AvgIpc) is 2.51. The highest BCUT2D eigenvalue weighted by Gasteiger charge is 2.14. The number of aromatic nitrogens is 4. The van der Waals surface area contributed by atoms with Crippen molar-refractivity contribution < 1.29 is 9.13 Å². The first kappa shape index (κ1) is 17.2. The number of halogens is 2. The molecule has 0 bridgehead atoms. The van der Waals surface area contributed by atoms with E-state index in [-0.39, 0.29) is 18.5 Å². The summed E-state index contributed by atoms with van der Waals surface area (Å²) >= 11 is 0. The fourth-order valence-electron chi connectivity index (χ4n) is 1.69. The highest BCUT2D eigenvalue weighted by Crippen LogP contribution is 2.10. The molecule has 0 aromatic carbocycles. The second kappa shape index (κ2) is 9.95. The van der Waals surface area contributed by atoms with Gasteiger partial charge in [0.2, 0.25) is 0 Å². The van der Waals surface area contributed by atoms with Gasteiger partial charge in [0, 0.05) is 12.4 Å². The summed E-state index contributed by atoms with van der Waals surface area (Å²) in [6, 6.07) is 2.28. The lowest BCUT2D eigenvalue weighted by atomic mass is 10.1. The number of nitrogens with zero attached hydrogens (tertiary/aromatic N) is 4. The Balaban J connectivity index is 0.000000236. The molecular formula is C13H17ClFN5O. The quantitative estimate of drug-likeness (QED) is 0.909. The molecule has 0 saturated carbocycles. The van der Waals surface area contributed by atoms with E-state index >= 15 is 0 Å². The van der Waals surface area contributed by atoms with Gasteiger partial charge < -0.3 is 10.1 Å². The number of hydrogen-bond donors (Lipinski definition) is 1. The van der Waals surface area contributed by atoms with E-state index in [1.807, 2.05) is 0 Å². The van der Waals surface area contributed by atoms with Crippen LogP contribution in [0, 0.1) is 5.82 Å². The van der Waals surface area contributed by atoms with Crippen molar-refractivity contribution in [3.8, 4) is 6.01 Å². The fraction of sp³-hybridized carbons (Fsp3) is 0.385. The summed E-state index contributed by atoms with van der Waals surface area (Å²) in [5, 5.41) is 3.28. The van der Waals surface area contributed by atoms with Crippen LogP contribution in [0.5, 0.6) is 6.01 Å². The van der Waals surface area contributed by atoms with Crippen LogP contribution in [0.25, 0.3) is 0 Å². The first-order valence-corrected chi connectivity index (χ1v) is 6.39. The molecule has 0 radical (unpaired) electrons. The Morgan fingerprint density at radius 2 is 1.71 bits per heavy atom. The van der Waals surface area contributed by atoms with Crippen molar-refractivity contribution in [1.29, 1.82) is 0 Å². The smallest absolute Gasteiger partial charge is 0.316 e. The van der Waals surface area contributed by atoms with Gasteiger partial charge in [-0.15, -0.1) is 12.4 Å². The maximum absolute atomic E-state index is 11.8. The zero-order valence-electron chi connectivity index (χ0n) is 11.4. The molecule has 1 N–H and O–H groups in total. The molecule has 0 atom stereocenters. The summed E-state index contributed by atoms with van der Waals surface area (Å²) in [6.07, 6.45) is 9.25. The van der Waals surface area contributed by atoms with Crippen LogP contribution in [0.4, 0.5) is 4.39 Å². The van der Waals surface area contributed by atoms with E-state index in [0.29, 0.717) is 6.01 Å². The maximum Gasteiger partial charge on any atom is 0.316 e. The van der Waals surface area contributed by atoms with E-state index in [2.05, 4.69) is 25.3 Å². The Morgan fingerprint density at radius 3 is 2.24 bits per heavy atom. The number of ether oxygens (including phenoxy) is 1. The minimum absolute atomic E-state index is 0. The molecule has 0 unspecified atom stereocenters. The summed E-state index contributed by atoms with van der Waals surface area (Å²) < 4.78 is 17.4. The minimum atomic E-state index is -0.400. The highest BCUT2D eigenvalue weighted by atomic mass is 35.5. The Morgan fingerprint density at radius 1 is 1.10 bits per heavy atom. The van der Waals surface area contributed by atoms with E-state index in [9.17, 15) is 4.39 Å². The van der Waals surface area contributed by atoms with Gasteiger partial charge >= 0.3 is 6.01 Å². The molecule has 0 spiro atoms. The molecule has 3 heterocycles. The Bertz CT molecular complexity index is 484. The largest absolute Gasteiger partial charge is 0.460 e. The van der Waals surface area contributed by atoms with Gasteiger partial charge in [0.1, 0.15) is 12.4 Å². The van der Waals surface area contributed by atoms with Crippen molar-refractivity contribution in [2.24, 2.45) is 0 Å². The van der Waals surface area contributed by atoms with Crippen molar-refractivity contribution in [3.63, 3.8) is 0 Å². The van der Waals surface area contributed by atoms with Crippen LogP contribution < -0.4 is 10.1 Å². The normalized spacial score (nSPS) is 14.3. The summed E-state index contributed by atoms with van der Waals surface area (Å²) in [5.41, 5.74) is 0. The molecule has 2 aromatic heterocycles. The van der Waals surface area contributed by atoms with Crippen molar-refractivity contribution in [2.75, 3.05) is 13.1 Å². The van der Waals surface area contributed by atoms with E-state index in [1.54, 1.807) is 18.5 Å². The summed E-state index contributed by atoms with van der Waals surface area (Å²) in [7, 11) is 0. The SMILES string of the molecule is Cl.Fc1cncnc1.c1cnc(OC2CCNCC2)nc1. The van der Waals surface area contributed by atoms with E-state index in [0.717, 1.165) is 38.3 Å². The van der Waals surface area contributed by atoms with E-state index < -0.39 is 5.82 Å². The lowest BCUT2D eigenvalue weighted by Gasteiger charge is -2.22. The van der Waals surface area contributed by atoms with Crippen LogP contribution in [0.1, 0.15) is 12.8 Å². The Hall–Kier alpha value is -1.86. The predicted octanol–water partition coefficient (Wildman–Crippen LogP) is 1.64. The molecule has 114 valence electrons. The van der Waals surface area contributed by atoms with Gasteiger partial charge in [-0.05, 0) is 32.0 Å². The van der Waals surface area contributed by atoms with Crippen molar-refractivity contribution in [3.05, 3.63) is 43.0 Å². The molecule has 1 fully saturated rings. The molecule has 0 amide bonds. The third kappa shape index (κ3) is 6.92. The average molecular weight is 314 g/mol. The zero-order valence-corrected chi connectivity index (χ0v) is 12.2. The first-order valence-electron chi connectivity index (χ1n) is 6.39. The molecule has 1 aliphatic rings. The van der Waals surface area contributed by atoms with Crippen LogP contribution in [-0.4, -0.2) is 39.1 Å². The van der Waals surface area contributed by atoms with Gasteiger partial charge in [-0.1, -0.05) is 0 Å². The molecule has 1 saturated heterocycles. The third-order valence-corrected chi connectivity index (χ3v) is 2.63. The number of nitrogens with one attached hydrogen (secondary N) is 1. The maximum atomic E-state index is 11.8. The molecule has 2 aromatic rings. The Labute approximate surface area is 128 Å². The Kier molecular flexibility index (Phi) is 8.15. The standard InChI is InChI=1S/C9H13N3O.C4H3FN2.ClH/c1-4-11-9(12-5-1)13-8-2-6-10-7-3-8;5-4-1-6-3-7-2-4;/h1,4-5,8,10H,2-3,6-7H2;1-3H;1H. The summed E-state index contributed by atoms with van der Waals surface area (Å²) in [6.45, 7) is 2.05. The van der Waals surface area contributed by atoms with Crippen molar-refractivity contribution in [1.82, 2.24) is 25.3 Å².